The van der Waals surface area contributed by atoms with Gasteiger partial charge < -0.3 is 66.9 Å². The third-order valence-electron chi connectivity index (χ3n) is 22.2. The number of aliphatic hydroxyl groups is 1. The molecule has 0 spiro atoms. The summed E-state index contributed by atoms with van der Waals surface area (Å²) in [6.07, 6.45) is 3.44. The number of fused-ring (bicyclic) bond motifs is 3. The van der Waals surface area contributed by atoms with E-state index in [1.54, 1.807) is 12.1 Å². The van der Waals surface area contributed by atoms with E-state index in [2.05, 4.69) is 197 Å². The molecule has 3 atom stereocenters. The molecule has 27 heteroatoms. The average molecular weight is 1580 g/mol. The van der Waals surface area contributed by atoms with Gasteiger partial charge in [0.2, 0.25) is 0 Å². The predicted molar refractivity (Wildman–Crippen MR) is 450 cm³/mol. The van der Waals surface area contributed by atoms with Crippen LogP contribution in [0.3, 0.4) is 0 Å². The highest BCUT2D eigenvalue weighted by molar-refractivity contribution is 6.74. The van der Waals surface area contributed by atoms with E-state index in [1.807, 2.05) is 97.5 Å². The van der Waals surface area contributed by atoms with Crippen LogP contribution < -0.4 is 34.4 Å². The molecule has 13 rings (SSSR count). The molecule has 3 aromatic carbocycles. The van der Waals surface area contributed by atoms with Gasteiger partial charge in [-0.3, -0.25) is 0 Å². The number of hydrogen-bond donors (Lipinski definition) is 1. The Kier molecular flexibility index (Phi) is 29.0. The first kappa shape index (κ1) is 85.8. The molecule has 0 saturated carbocycles. The van der Waals surface area contributed by atoms with E-state index in [4.69, 9.17) is 58.9 Å². The SMILES string of the molecule is CC(C)(C)[Si](C)(C)OC(CF)COc1ccc2nc(Cl)ccc2c1.CN1CCN(c2ccc(-c3ccc4cc(OCC(CF)O[Si](C)(C)C(C)(C)C)ccc4n3)cn2)CC1.CN1CCN(c2ccc(-c3ccc4cc(OCC(O)CF)ccc4n3)cn2)CC1.CN1CCN(c2ccc(B3OC(C)(C)C(C)(C)O3)cn2)CC1. The molecule has 6 aromatic heterocycles. The maximum atomic E-state index is 13.7. The second kappa shape index (κ2) is 37.6. The summed E-state index contributed by atoms with van der Waals surface area (Å²) in [4.78, 5) is 41.7. The lowest BCUT2D eigenvalue weighted by molar-refractivity contribution is 0.00578. The summed E-state index contributed by atoms with van der Waals surface area (Å²) in [6, 6.07) is 40.8. The molecule has 111 heavy (non-hydrogen) atoms. The summed E-state index contributed by atoms with van der Waals surface area (Å²) in [5.41, 5.74) is 6.57. The monoisotopic (exact) mass is 1580 g/mol. The van der Waals surface area contributed by atoms with Crippen molar-refractivity contribution in [3.05, 3.63) is 151 Å². The molecule has 1 N–H and O–H groups in total. The molecular weight excluding hydrogens is 1460 g/mol. The Labute approximate surface area is 662 Å². The van der Waals surface area contributed by atoms with Crippen LogP contribution in [0.25, 0.3) is 55.2 Å². The summed E-state index contributed by atoms with van der Waals surface area (Å²) in [6.45, 7) is 40.4. The van der Waals surface area contributed by atoms with Gasteiger partial charge in [0.25, 0.3) is 0 Å². The number of ether oxygens (including phenoxy) is 3. The zero-order chi connectivity index (χ0) is 80.1. The molecule has 3 unspecified atom stereocenters. The van der Waals surface area contributed by atoms with E-state index in [-0.39, 0.29) is 48.2 Å². The van der Waals surface area contributed by atoms with Crippen molar-refractivity contribution in [1.82, 2.24) is 44.6 Å². The lowest BCUT2D eigenvalue weighted by atomic mass is 9.80. The average Bonchev–Trinajstić information content (AvgIpc) is 1.62. The molecule has 4 saturated heterocycles. The van der Waals surface area contributed by atoms with Gasteiger partial charge in [0.1, 0.15) is 98.0 Å². The fourth-order valence-electron chi connectivity index (χ4n) is 12.2. The number of nitrogens with zero attached hydrogens (tertiary/aromatic N) is 12. The molecule has 9 aromatic rings. The van der Waals surface area contributed by atoms with Crippen LogP contribution in [0.2, 0.25) is 41.4 Å². The molecule has 4 fully saturated rings. The lowest BCUT2D eigenvalue weighted by Gasteiger charge is -2.38. The highest BCUT2D eigenvalue weighted by Crippen LogP contribution is 2.40. The molecule has 10 heterocycles. The van der Waals surface area contributed by atoms with Gasteiger partial charge >= 0.3 is 7.12 Å². The number of aliphatic hydroxyl groups excluding tert-OH is 1. The van der Waals surface area contributed by atoms with Crippen LogP contribution >= 0.6 is 11.6 Å². The molecule has 0 aliphatic carbocycles. The number of alkyl halides is 3. The second-order valence-electron chi connectivity index (χ2n) is 33.4. The normalized spacial score (nSPS) is 17.5. The van der Waals surface area contributed by atoms with Gasteiger partial charge in [0.05, 0.1) is 39.1 Å². The first-order valence-electron chi connectivity index (χ1n) is 38.6. The van der Waals surface area contributed by atoms with E-state index in [0.717, 1.165) is 157 Å². The van der Waals surface area contributed by atoms with Gasteiger partial charge in [0.15, 0.2) is 16.6 Å². The van der Waals surface area contributed by atoms with Crippen LogP contribution in [-0.4, -0.2) is 243 Å². The second-order valence-corrected chi connectivity index (χ2v) is 43.3. The molecule has 0 amide bonds. The molecule has 20 nitrogen and oxygen atoms in total. The highest BCUT2D eigenvalue weighted by atomic mass is 35.5. The van der Waals surface area contributed by atoms with Crippen molar-refractivity contribution in [3.8, 4) is 39.8 Å². The van der Waals surface area contributed by atoms with Gasteiger partial charge in [-0.05, 0) is 194 Å². The van der Waals surface area contributed by atoms with Gasteiger partial charge in [-0.2, -0.15) is 0 Å². The quantitative estimate of drug-likeness (QED) is 0.0499. The zero-order valence-corrected chi connectivity index (χ0v) is 70.8. The Morgan fingerprint density at radius 3 is 1.14 bits per heavy atom. The van der Waals surface area contributed by atoms with Crippen LogP contribution in [0, 0.1) is 0 Å². The molecular formula is C84H115BClF3N12O8Si2. The summed E-state index contributed by atoms with van der Waals surface area (Å²) in [5, 5.41) is 12.6. The summed E-state index contributed by atoms with van der Waals surface area (Å²) < 4.78 is 80.9. The van der Waals surface area contributed by atoms with Crippen LogP contribution in [0.4, 0.5) is 30.6 Å². The van der Waals surface area contributed by atoms with Crippen molar-refractivity contribution >= 4 is 91.0 Å². The Hall–Kier alpha value is -7.60. The van der Waals surface area contributed by atoms with Gasteiger partial charge in [-0.25, -0.2) is 43.1 Å². The zero-order valence-electron chi connectivity index (χ0n) is 68.1. The smallest absolute Gasteiger partial charge is 0.491 e. The van der Waals surface area contributed by atoms with Crippen molar-refractivity contribution in [2.45, 2.75) is 135 Å². The van der Waals surface area contributed by atoms with Crippen molar-refractivity contribution in [2.75, 3.05) is 154 Å². The molecule has 0 bridgehead atoms. The van der Waals surface area contributed by atoms with Crippen molar-refractivity contribution in [1.29, 1.82) is 0 Å². The Morgan fingerprint density at radius 2 is 0.811 bits per heavy atom. The van der Waals surface area contributed by atoms with E-state index in [0.29, 0.717) is 22.4 Å². The molecule has 0 radical (unpaired) electrons. The van der Waals surface area contributed by atoms with Crippen LogP contribution in [0.15, 0.2) is 146 Å². The maximum Gasteiger partial charge on any atom is 0.496 e. The van der Waals surface area contributed by atoms with Crippen molar-refractivity contribution in [2.24, 2.45) is 0 Å². The predicted octanol–water partition coefficient (Wildman–Crippen LogP) is 15.3. The van der Waals surface area contributed by atoms with Gasteiger partial charge in [-0.1, -0.05) is 71.3 Å². The summed E-state index contributed by atoms with van der Waals surface area (Å²) >= 11 is 5.88. The topological polar surface area (TPSA) is 182 Å². The number of hydrogen-bond acceptors (Lipinski definition) is 20. The number of benzene rings is 3. The number of rotatable bonds is 22. The van der Waals surface area contributed by atoms with Crippen LogP contribution in [0.5, 0.6) is 17.2 Å². The first-order valence-corrected chi connectivity index (χ1v) is 44.8. The minimum absolute atomic E-state index is 0.0210. The van der Waals surface area contributed by atoms with Crippen molar-refractivity contribution in [3.63, 3.8) is 0 Å². The molecule has 4 aliphatic heterocycles. The Balaban J connectivity index is 0.000000160. The number of pyridine rings is 6. The maximum absolute atomic E-state index is 13.7. The van der Waals surface area contributed by atoms with Crippen molar-refractivity contribution < 1.29 is 50.6 Å². The molecule has 4 aliphatic rings. The van der Waals surface area contributed by atoms with E-state index in [9.17, 15) is 18.3 Å². The lowest BCUT2D eigenvalue weighted by Crippen LogP contribution is -2.46. The fourth-order valence-corrected chi connectivity index (χ4v) is 14.9. The Bertz CT molecular complexity index is 4440. The minimum Gasteiger partial charge on any atom is -0.491 e. The number of likely N-dealkylation sites (N-methyl/N-ethyl adjacent to an activating group) is 3. The third kappa shape index (κ3) is 23.3. The summed E-state index contributed by atoms with van der Waals surface area (Å²) in [5.74, 6) is 4.99. The molecule has 598 valence electrons. The van der Waals surface area contributed by atoms with Crippen LogP contribution in [-0.2, 0) is 18.2 Å². The number of aromatic nitrogens is 6. The first-order chi connectivity index (χ1) is 52.6. The third-order valence-corrected chi connectivity index (χ3v) is 31.5. The number of halogens is 4. The van der Waals surface area contributed by atoms with E-state index in [1.165, 1.54) is 0 Å². The largest absolute Gasteiger partial charge is 0.496 e. The fraction of sp³-hybridized carbons (Fsp3) is 0.500. The number of anilines is 3. The van der Waals surface area contributed by atoms with Gasteiger partial charge in [0, 0.05) is 130 Å². The summed E-state index contributed by atoms with van der Waals surface area (Å²) in [7, 11) is 2.03. The van der Waals surface area contributed by atoms with E-state index < -0.39 is 55.0 Å². The van der Waals surface area contributed by atoms with Gasteiger partial charge in [-0.15, -0.1) is 0 Å². The standard InChI is InChI=1S/C28H39FN4O2Si.C22H25FN4O2.C18H25ClFNO2Si.C16H26BN3O2/c1-28(2,3)36(5,6)35-24(18-29)20-34-23-9-11-25-21(17-23)7-10-26(31-25)22-8-12-27(30-19-22)33-15-13-32(4)14-16-33;1-26-8-10-27(11-9-26)22-7-3-17(14-24-22)21-5-2-16-12-19(4-6-20(16)25-21)29-15-18(28)13-23;1-18(2,3)24(4,5)23-15(11-20)12-22-14-7-8-16-13(10-14)6-9-17(19)21-16;1-15(2)16(3,4)22-17(21-15)13-6-7-14(18-12-13)20-10-8-19(5)9-11-20/h7-12,17,19,24H,13-16,18,20H2,1-6H3;2-7,12,14,18,28H,8-11,13,15H2,1H3;6-10,15H,11-12H2,1-5H3;6-7,12H,8-11H2,1-5H3. The number of piperazine rings is 3. The van der Waals surface area contributed by atoms with E-state index >= 15 is 0 Å². The van der Waals surface area contributed by atoms with Crippen LogP contribution in [0.1, 0.15) is 69.2 Å². The Morgan fingerprint density at radius 1 is 0.459 bits per heavy atom. The minimum atomic E-state index is -2.07. The highest BCUT2D eigenvalue weighted by Gasteiger charge is 2.52.